The fourth-order valence-electron chi connectivity index (χ4n) is 2.39. The Hall–Kier alpha value is -0.130. The van der Waals surface area contributed by atoms with E-state index in [1.165, 1.54) is 0 Å². The van der Waals surface area contributed by atoms with Crippen LogP contribution in [0.3, 0.4) is 0 Å². The predicted octanol–water partition coefficient (Wildman–Crippen LogP) is 1.12. The molecule has 1 saturated heterocycles. The monoisotopic (exact) mass is 276 g/mol. The minimum atomic E-state index is -3.00. The fraction of sp³-hybridized carbons (Fsp3) is 1.00. The Balaban J connectivity index is 2.47. The van der Waals surface area contributed by atoms with E-state index in [1.54, 1.807) is 20.8 Å². The average Bonchev–Trinajstić information content (AvgIpc) is 2.25. The first-order valence-electron chi connectivity index (χ1n) is 6.82. The summed E-state index contributed by atoms with van der Waals surface area (Å²) in [5, 5.41) is 0. The van der Waals surface area contributed by atoms with Crippen LogP contribution in [-0.4, -0.2) is 50.0 Å². The zero-order valence-electron chi connectivity index (χ0n) is 12.1. The van der Waals surface area contributed by atoms with E-state index in [1.807, 2.05) is 0 Å². The largest absolute Gasteiger partial charge is 0.330 e. The molecular formula is C13H28N2O2S. The van der Waals surface area contributed by atoms with Crippen molar-refractivity contribution in [3.63, 3.8) is 0 Å². The van der Waals surface area contributed by atoms with Gasteiger partial charge in [-0.3, -0.25) is 0 Å². The lowest BCUT2D eigenvalue weighted by atomic mass is 9.87. The molecule has 2 N–H and O–H groups in total. The van der Waals surface area contributed by atoms with Crippen molar-refractivity contribution in [2.75, 3.05) is 31.9 Å². The smallest absolute Gasteiger partial charge is 0.156 e. The van der Waals surface area contributed by atoms with E-state index in [0.29, 0.717) is 18.4 Å². The first-order chi connectivity index (χ1) is 8.17. The number of nitrogens with zero attached hydrogens (tertiary/aromatic N) is 1. The SMILES string of the molecule is CC1CN(CCS(=O)(=O)C(C)(C)C)CCC1CN. The second-order valence-electron chi connectivity index (χ2n) is 6.49. The minimum absolute atomic E-state index is 0.260. The lowest BCUT2D eigenvalue weighted by Gasteiger charge is -2.36. The third-order valence-corrected chi connectivity index (χ3v) is 6.67. The van der Waals surface area contributed by atoms with E-state index in [0.717, 1.165) is 26.1 Å². The van der Waals surface area contributed by atoms with Crippen molar-refractivity contribution < 1.29 is 8.42 Å². The van der Waals surface area contributed by atoms with Gasteiger partial charge in [0.2, 0.25) is 0 Å². The third kappa shape index (κ3) is 3.93. The van der Waals surface area contributed by atoms with Gasteiger partial charge in [0.15, 0.2) is 9.84 Å². The Morgan fingerprint density at radius 1 is 1.33 bits per heavy atom. The molecule has 0 aromatic carbocycles. The lowest BCUT2D eigenvalue weighted by molar-refractivity contribution is 0.139. The van der Waals surface area contributed by atoms with Gasteiger partial charge in [-0.1, -0.05) is 6.92 Å². The highest BCUT2D eigenvalue weighted by molar-refractivity contribution is 7.92. The molecule has 0 bridgehead atoms. The Kier molecular flexibility index (Phi) is 5.21. The number of hydrogen-bond acceptors (Lipinski definition) is 4. The first-order valence-corrected chi connectivity index (χ1v) is 8.47. The van der Waals surface area contributed by atoms with Crippen LogP contribution < -0.4 is 5.73 Å². The molecule has 2 atom stereocenters. The third-order valence-electron chi connectivity index (χ3n) is 4.08. The topological polar surface area (TPSA) is 63.4 Å². The maximum Gasteiger partial charge on any atom is 0.156 e. The van der Waals surface area contributed by atoms with E-state index in [-0.39, 0.29) is 5.75 Å². The fourth-order valence-corrected chi connectivity index (χ4v) is 3.50. The summed E-state index contributed by atoms with van der Waals surface area (Å²) < 4.78 is 23.5. The molecule has 0 amide bonds. The van der Waals surface area contributed by atoms with Crippen molar-refractivity contribution in [2.24, 2.45) is 17.6 Å². The number of likely N-dealkylation sites (tertiary alicyclic amines) is 1. The van der Waals surface area contributed by atoms with Crippen LogP contribution in [0.4, 0.5) is 0 Å². The van der Waals surface area contributed by atoms with Crippen LogP contribution >= 0.6 is 0 Å². The van der Waals surface area contributed by atoms with E-state index in [4.69, 9.17) is 5.73 Å². The zero-order chi connectivity index (χ0) is 14.0. The zero-order valence-corrected chi connectivity index (χ0v) is 13.0. The summed E-state index contributed by atoms with van der Waals surface area (Å²) in [4.78, 5) is 2.26. The summed E-state index contributed by atoms with van der Waals surface area (Å²) in [6.45, 7) is 10.9. The number of hydrogen-bond donors (Lipinski definition) is 1. The molecule has 18 heavy (non-hydrogen) atoms. The summed E-state index contributed by atoms with van der Waals surface area (Å²) in [5.74, 6) is 1.43. The minimum Gasteiger partial charge on any atom is -0.330 e. The molecule has 0 radical (unpaired) electrons. The first kappa shape index (κ1) is 15.9. The van der Waals surface area contributed by atoms with Gasteiger partial charge in [-0.25, -0.2) is 8.42 Å². The maximum atomic E-state index is 12.1. The Bertz CT molecular complexity index is 360. The molecule has 1 heterocycles. The highest BCUT2D eigenvalue weighted by Gasteiger charge is 2.30. The molecule has 0 aromatic rings. The normalized spacial score (nSPS) is 27.4. The van der Waals surface area contributed by atoms with Gasteiger partial charge in [-0.15, -0.1) is 0 Å². The maximum absolute atomic E-state index is 12.1. The highest BCUT2D eigenvalue weighted by atomic mass is 32.2. The molecule has 1 rings (SSSR count). The van der Waals surface area contributed by atoms with Crippen molar-refractivity contribution in [3.8, 4) is 0 Å². The van der Waals surface area contributed by atoms with Crippen LogP contribution in [0.15, 0.2) is 0 Å². The van der Waals surface area contributed by atoms with Crippen LogP contribution in [0, 0.1) is 11.8 Å². The molecule has 1 fully saturated rings. The number of sulfone groups is 1. The summed E-state index contributed by atoms with van der Waals surface area (Å²) in [6, 6.07) is 0. The number of rotatable bonds is 4. The standard InChI is InChI=1S/C13H28N2O2S/c1-11-10-15(6-5-12(11)9-14)7-8-18(16,17)13(2,3)4/h11-12H,5-10,14H2,1-4H3. The summed E-state index contributed by atoms with van der Waals surface area (Å²) in [7, 11) is -3.00. The van der Waals surface area contributed by atoms with Crippen molar-refractivity contribution in [1.29, 1.82) is 0 Å². The second-order valence-corrected chi connectivity index (χ2v) is 9.36. The molecule has 1 aliphatic heterocycles. The Morgan fingerprint density at radius 2 is 1.94 bits per heavy atom. The van der Waals surface area contributed by atoms with Gasteiger partial charge in [0.05, 0.1) is 10.5 Å². The molecule has 0 saturated carbocycles. The van der Waals surface area contributed by atoms with Crippen LogP contribution in [0.25, 0.3) is 0 Å². The van der Waals surface area contributed by atoms with Gasteiger partial charge in [-0.2, -0.15) is 0 Å². The summed E-state index contributed by atoms with van der Waals surface area (Å²) in [5.41, 5.74) is 5.73. The molecule has 5 heteroatoms. The average molecular weight is 276 g/mol. The van der Waals surface area contributed by atoms with Gasteiger partial charge in [0.25, 0.3) is 0 Å². The molecule has 4 nitrogen and oxygen atoms in total. The van der Waals surface area contributed by atoms with Gasteiger partial charge in [0.1, 0.15) is 0 Å². The number of nitrogens with two attached hydrogens (primary N) is 1. The van der Waals surface area contributed by atoms with E-state index in [2.05, 4.69) is 11.8 Å². The Labute approximate surface area is 112 Å². The van der Waals surface area contributed by atoms with Crippen molar-refractivity contribution >= 4 is 9.84 Å². The van der Waals surface area contributed by atoms with Gasteiger partial charge in [-0.05, 0) is 52.1 Å². The molecular weight excluding hydrogens is 248 g/mol. The van der Waals surface area contributed by atoms with Crippen molar-refractivity contribution in [3.05, 3.63) is 0 Å². The van der Waals surface area contributed by atoms with Crippen molar-refractivity contribution in [2.45, 2.75) is 38.9 Å². The van der Waals surface area contributed by atoms with Crippen LogP contribution in [-0.2, 0) is 9.84 Å². The van der Waals surface area contributed by atoms with E-state index >= 15 is 0 Å². The molecule has 1 aliphatic rings. The van der Waals surface area contributed by atoms with Crippen molar-refractivity contribution in [1.82, 2.24) is 4.90 Å². The number of piperidine rings is 1. The van der Waals surface area contributed by atoms with E-state index in [9.17, 15) is 8.42 Å². The van der Waals surface area contributed by atoms with Crippen LogP contribution in [0.1, 0.15) is 34.1 Å². The quantitative estimate of drug-likeness (QED) is 0.835. The van der Waals surface area contributed by atoms with Gasteiger partial charge < -0.3 is 10.6 Å². The molecule has 108 valence electrons. The van der Waals surface area contributed by atoms with Crippen LogP contribution in [0.2, 0.25) is 0 Å². The molecule has 2 unspecified atom stereocenters. The molecule has 0 aliphatic carbocycles. The molecule has 0 spiro atoms. The Morgan fingerprint density at radius 3 is 2.39 bits per heavy atom. The second kappa shape index (κ2) is 5.88. The predicted molar refractivity (Wildman–Crippen MR) is 76.3 cm³/mol. The van der Waals surface area contributed by atoms with E-state index < -0.39 is 14.6 Å². The van der Waals surface area contributed by atoms with Gasteiger partial charge in [0, 0.05) is 13.1 Å². The summed E-state index contributed by atoms with van der Waals surface area (Å²) >= 11 is 0. The lowest BCUT2D eigenvalue weighted by Crippen LogP contribution is -2.44. The van der Waals surface area contributed by atoms with Gasteiger partial charge >= 0.3 is 0 Å². The molecule has 0 aromatic heterocycles. The van der Waals surface area contributed by atoms with Crippen LogP contribution in [0.5, 0.6) is 0 Å². The highest BCUT2D eigenvalue weighted by Crippen LogP contribution is 2.23. The summed E-state index contributed by atoms with van der Waals surface area (Å²) in [6.07, 6.45) is 1.09.